The second-order valence-corrected chi connectivity index (χ2v) is 7.00. The van der Waals surface area contributed by atoms with Crippen molar-refractivity contribution in [2.75, 3.05) is 32.8 Å². The first-order valence-corrected chi connectivity index (χ1v) is 9.68. The van der Waals surface area contributed by atoms with Gasteiger partial charge in [0.1, 0.15) is 0 Å². The third-order valence-electron chi connectivity index (χ3n) is 5.41. The summed E-state index contributed by atoms with van der Waals surface area (Å²) in [6.45, 7) is 8.76. The summed E-state index contributed by atoms with van der Waals surface area (Å²) >= 11 is 0. The fourth-order valence-electron chi connectivity index (χ4n) is 3.85. The van der Waals surface area contributed by atoms with E-state index in [1.807, 2.05) is 19.1 Å². The van der Waals surface area contributed by atoms with Crippen molar-refractivity contribution in [3.8, 4) is 0 Å². The van der Waals surface area contributed by atoms with E-state index in [4.69, 9.17) is 4.74 Å². The topological polar surface area (TPSA) is 29.5 Å². The standard InChI is InChI=1S/C23H29NO2/c1-3-23(25)21-11-7-10-20(18(21)2)22(19-8-5-4-6-9-19)12-13-24-14-16-26-17-15-24/h4-11,22H,3,12-17H2,1-2H3. The van der Waals surface area contributed by atoms with E-state index >= 15 is 0 Å². The van der Waals surface area contributed by atoms with Gasteiger partial charge in [0.2, 0.25) is 0 Å². The molecule has 0 aliphatic carbocycles. The zero-order chi connectivity index (χ0) is 18.4. The average molecular weight is 351 g/mol. The number of rotatable bonds is 7. The molecule has 1 unspecified atom stereocenters. The first kappa shape index (κ1) is 18.8. The van der Waals surface area contributed by atoms with Gasteiger partial charge in [0.15, 0.2) is 5.78 Å². The number of hydrogen-bond donors (Lipinski definition) is 0. The summed E-state index contributed by atoms with van der Waals surface area (Å²) in [5, 5.41) is 0. The molecule has 0 N–H and O–H groups in total. The van der Waals surface area contributed by atoms with Gasteiger partial charge < -0.3 is 4.74 Å². The number of nitrogens with zero attached hydrogens (tertiary/aromatic N) is 1. The van der Waals surface area contributed by atoms with E-state index < -0.39 is 0 Å². The van der Waals surface area contributed by atoms with Crippen LogP contribution in [0.25, 0.3) is 0 Å². The minimum Gasteiger partial charge on any atom is -0.379 e. The van der Waals surface area contributed by atoms with Gasteiger partial charge in [-0.3, -0.25) is 9.69 Å². The molecule has 26 heavy (non-hydrogen) atoms. The Morgan fingerprint density at radius 2 is 1.81 bits per heavy atom. The molecule has 1 aliphatic rings. The van der Waals surface area contributed by atoms with Crippen LogP contribution in [0.2, 0.25) is 0 Å². The van der Waals surface area contributed by atoms with E-state index in [9.17, 15) is 4.79 Å². The average Bonchev–Trinajstić information content (AvgIpc) is 2.70. The molecule has 3 nitrogen and oxygen atoms in total. The summed E-state index contributed by atoms with van der Waals surface area (Å²) in [4.78, 5) is 14.8. The highest BCUT2D eigenvalue weighted by atomic mass is 16.5. The fraction of sp³-hybridized carbons (Fsp3) is 0.435. The number of ether oxygens (including phenoxy) is 1. The van der Waals surface area contributed by atoms with Crippen molar-refractivity contribution >= 4 is 5.78 Å². The molecule has 2 aromatic carbocycles. The van der Waals surface area contributed by atoms with Gasteiger partial charge in [-0.2, -0.15) is 0 Å². The van der Waals surface area contributed by atoms with Crippen LogP contribution in [0.5, 0.6) is 0 Å². The van der Waals surface area contributed by atoms with Crippen LogP contribution in [0.15, 0.2) is 48.5 Å². The number of hydrogen-bond acceptors (Lipinski definition) is 3. The third-order valence-corrected chi connectivity index (χ3v) is 5.41. The molecule has 1 atom stereocenters. The van der Waals surface area contributed by atoms with E-state index in [2.05, 4.69) is 48.2 Å². The normalized spacial score (nSPS) is 16.4. The molecule has 1 fully saturated rings. The first-order chi connectivity index (χ1) is 12.7. The quantitative estimate of drug-likeness (QED) is 0.691. The van der Waals surface area contributed by atoms with Gasteiger partial charge in [0, 0.05) is 31.0 Å². The van der Waals surface area contributed by atoms with E-state index in [1.165, 1.54) is 11.1 Å². The zero-order valence-electron chi connectivity index (χ0n) is 15.9. The largest absolute Gasteiger partial charge is 0.379 e. The number of carbonyl (C=O) groups excluding carboxylic acids is 1. The maximum Gasteiger partial charge on any atom is 0.162 e. The lowest BCUT2D eigenvalue weighted by molar-refractivity contribution is 0.0369. The van der Waals surface area contributed by atoms with Crippen molar-refractivity contribution in [2.24, 2.45) is 0 Å². The number of benzene rings is 2. The van der Waals surface area contributed by atoms with Crippen LogP contribution in [0, 0.1) is 6.92 Å². The zero-order valence-corrected chi connectivity index (χ0v) is 15.9. The Kier molecular flexibility index (Phi) is 6.59. The Balaban J connectivity index is 1.89. The summed E-state index contributed by atoms with van der Waals surface area (Å²) in [6.07, 6.45) is 1.60. The van der Waals surface area contributed by atoms with Gasteiger partial charge in [-0.25, -0.2) is 0 Å². The van der Waals surface area contributed by atoms with Crippen LogP contribution in [0.1, 0.15) is 52.7 Å². The van der Waals surface area contributed by atoms with Crippen LogP contribution in [-0.2, 0) is 4.74 Å². The van der Waals surface area contributed by atoms with Gasteiger partial charge in [-0.15, -0.1) is 0 Å². The summed E-state index contributed by atoms with van der Waals surface area (Å²) in [5.74, 6) is 0.535. The van der Waals surface area contributed by atoms with Gasteiger partial charge in [0.25, 0.3) is 0 Å². The molecular weight excluding hydrogens is 322 g/mol. The van der Waals surface area contributed by atoms with E-state index in [1.54, 1.807) is 0 Å². The van der Waals surface area contributed by atoms with E-state index in [0.29, 0.717) is 12.3 Å². The SMILES string of the molecule is CCC(=O)c1cccc(C(CCN2CCOCC2)c2ccccc2)c1C. The molecule has 0 saturated carbocycles. The summed E-state index contributed by atoms with van der Waals surface area (Å²) in [5.41, 5.74) is 4.61. The van der Waals surface area contributed by atoms with Gasteiger partial charge in [-0.1, -0.05) is 55.5 Å². The van der Waals surface area contributed by atoms with Crippen LogP contribution in [-0.4, -0.2) is 43.5 Å². The molecule has 0 spiro atoms. The molecule has 1 heterocycles. The lowest BCUT2D eigenvalue weighted by Gasteiger charge is -2.29. The Hall–Kier alpha value is -1.97. The molecule has 3 heteroatoms. The molecule has 3 rings (SSSR count). The molecule has 1 saturated heterocycles. The second-order valence-electron chi connectivity index (χ2n) is 7.00. The Bertz CT molecular complexity index is 720. The van der Waals surface area contributed by atoms with E-state index in [0.717, 1.165) is 50.4 Å². The van der Waals surface area contributed by atoms with Crippen LogP contribution in [0.4, 0.5) is 0 Å². The van der Waals surface area contributed by atoms with Crippen LogP contribution >= 0.6 is 0 Å². The molecule has 2 aromatic rings. The third kappa shape index (κ3) is 4.40. The monoisotopic (exact) mass is 351 g/mol. The highest BCUT2D eigenvalue weighted by Gasteiger charge is 2.21. The predicted molar refractivity (Wildman–Crippen MR) is 106 cm³/mol. The van der Waals surface area contributed by atoms with Crippen molar-refractivity contribution in [3.05, 3.63) is 70.8 Å². The molecule has 0 radical (unpaired) electrons. The predicted octanol–water partition coefficient (Wildman–Crippen LogP) is 4.44. The minimum atomic E-state index is 0.226. The maximum absolute atomic E-state index is 12.3. The van der Waals surface area contributed by atoms with Gasteiger partial charge in [0.05, 0.1) is 13.2 Å². The minimum absolute atomic E-state index is 0.226. The Morgan fingerprint density at radius 3 is 2.50 bits per heavy atom. The molecule has 0 bridgehead atoms. The van der Waals surface area contributed by atoms with Crippen molar-refractivity contribution in [1.29, 1.82) is 0 Å². The number of Topliss-reactive ketones (excluding diaryl/α,β-unsaturated/α-hetero) is 1. The molecular formula is C23H29NO2. The summed E-state index contributed by atoms with van der Waals surface area (Å²) < 4.78 is 5.47. The smallest absolute Gasteiger partial charge is 0.162 e. The maximum atomic E-state index is 12.3. The number of carbonyl (C=O) groups is 1. The van der Waals surface area contributed by atoms with Crippen LogP contribution in [0.3, 0.4) is 0 Å². The van der Waals surface area contributed by atoms with Gasteiger partial charge >= 0.3 is 0 Å². The van der Waals surface area contributed by atoms with Crippen molar-refractivity contribution in [3.63, 3.8) is 0 Å². The molecule has 1 aliphatic heterocycles. The molecule has 0 aromatic heterocycles. The Morgan fingerprint density at radius 1 is 1.08 bits per heavy atom. The molecule has 0 amide bonds. The lowest BCUT2D eigenvalue weighted by Crippen LogP contribution is -2.37. The van der Waals surface area contributed by atoms with Crippen molar-refractivity contribution < 1.29 is 9.53 Å². The second kappa shape index (κ2) is 9.11. The van der Waals surface area contributed by atoms with Crippen LogP contribution < -0.4 is 0 Å². The fourth-order valence-corrected chi connectivity index (χ4v) is 3.85. The van der Waals surface area contributed by atoms with E-state index in [-0.39, 0.29) is 5.78 Å². The Labute approximate surface area is 157 Å². The summed E-state index contributed by atoms with van der Waals surface area (Å²) in [6, 6.07) is 16.9. The highest BCUT2D eigenvalue weighted by molar-refractivity contribution is 5.97. The van der Waals surface area contributed by atoms with Gasteiger partial charge in [-0.05, 0) is 36.6 Å². The van der Waals surface area contributed by atoms with Crippen molar-refractivity contribution in [2.45, 2.75) is 32.6 Å². The number of morpholine rings is 1. The summed E-state index contributed by atoms with van der Waals surface area (Å²) in [7, 11) is 0. The first-order valence-electron chi connectivity index (χ1n) is 9.68. The van der Waals surface area contributed by atoms with Crippen molar-refractivity contribution in [1.82, 2.24) is 4.90 Å². The number of ketones is 1. The highest BCUT2D eigenvalue weighted by Crippen LogP contribution is 2.32. The molecule has 138 valence electrons. The lowest BCUT2D eigenvalue weighted by atomic mass is 9.83.